The second-order valence-corrected chi connectivity index (χ2v) is 7.58. The van der Waals surface area contributed by atoms with E-state index in [9.17, 15) is 0 Å². The van der Waals surface area contributed by atoms with Crippen LogP contribution in [0.5, 0.6) is 11.5 Å². The van der Waals surface area contributed by atoms with Crippen LogP contribution < -0.4 is 25.4 Å². The van der Waals surface area contributed by atoms with Crippen LogP contribution >= 0.6 is 24.0 Å². The highest BCUT2D eigenvalue weighted by Crippen LogP contribution is 2.27. The van der Waals surface area contributed by atoms with Crippen molar-refractivity contribution in [2.24, 2.45) is 16.6 Å². The van der Waals surface area contributed by atoms with Gasteiger partial charge >= 0.3 is 0 Å². The van der Waals surface area contributed by atoms with Crippen molar-refractivity contribution in [3.63, 3.8) is 0 Å². The number of hydrogen-bond donors (Lipinski definition) is 2. The van der Waals surface area contributed by atoms with Crippen LogP contribution in [0.25, 0.3) is 0 Å². The van der Waals surface area contributed by atoms with Gasteiger partial charge in [-0.25, -0.2) is 4.99 Å². The summed E-state index contributed by atoms with van der Waals surface area (Å²) in [5, 5.41) is 3.18. The maximum atomic E-state index is 6.03. The van der Waals surface area contributed by atoms with Crippen LogP contribution in [-0.2, 0) is 13.1 Å². The quantitative estimate of drug-likeness (QED) is 0.324. The summed E-state index contributed by atoms with van der Waals surface area (Å²) < 4.78 is 10.6. The van der Waals surface area contributed by atoms with Crippen molar-refractivity contribution in [3.05, 3.63) is 53.6 Å². The number of guanidine groups is 1. The zero-order valence-corrected chi connectivity index (χ0v) is 20.4. The molecule has 1 fully saturated rings. The number of hydrogen-bond acceptors (Lipinski definition) is 4. The van der Waals surface area contributed by atoms with Gasteiger partial charge in [0, 0.05) is 25.3 Å². The summed E-state index contributed by atoms with van der Waals surface area (Å²) in [6, 6.07) is 14.4. The van der Waals surface area contributed by atoms with Crippen LogP contribution in [0.15, 0.2) is 47.5 Å². The number of ether oxygens (including phenoxy) is 2. The Morgan fingerprint density at radius 2 is 1.67 bits per heavy atom. The zero-order chi connectivity index (χ0) is 20.6. The molecular formula is C23H33IN4O2. The lowest BCUT2D eigenvalue weighted by Crippen LogP contribution is -2.33. The maximum Gasteiger partial charge on any atom is 0.189 e. The Hall–Kier alpha value is -2.16. The van der Waals surface area contributed by atoms with Crippen molar-refractivity contribution >= 4 is 35.6 Å². The van der Waals surface area contributed by atoms with Crippen molar-refractivity contribution in [1.82, 2.24) is 5.32 Å². The fourth-order valence-corrected chi connectivity index (χ4v) is 3.50. The lowest BCUT2D eigenvalue weighted by Gasteiger charge is -2.32. The molecule has 2 aromatic rings. The summed E-state index contributed by atoms with van der Waals surface area (Å²) in [4.78, 5) is 6.89. The molecular weight excluding hydrogens is 491 g/mol. The van der Waals surface area contributed by atoms with Gasteiger partial charge in [-0.1, -0.05) is 25.1 Å². The van der Waals surface area contributed by atoms with E-state index in [1.165, 1.54) is 24.1 Å². The Morgan fingerprint density at radius 3 is 2.30 bits per heavy atom. The molecule has 0 amide bonds. The van der Waals surface area contributed by atoms with E-state index in [1.807, 2.05) is 18.2 Å². The van der Waals surface area contributed by atoms with Crippen LogP contribution in [0.3, 0.4) is 0 Å². The molecule has 0 radical (unpaired) electrons. The van der Waals surface area contributed by atoms with Crippen LogP contribution in [0.4, 0.5) is 5.69 Å². The molecule has 0 aliphatic carbocycles. The first-order chi connectivity index (χ1) is 14.1. The normalized spacial score (nSPS) is 14.8. The van der Waals surface area contributed by atoms with E-state index in [0.29, 0.717) is 30.5 Å². The third-order valence-corrected chi connectivity index (χ3v) is 5.44. The molecule has 1 aliphatic heterocycles. The number of piperidine rings is 1. The summed E-state index contributed by atoms with van der Waals surface area (Å²) in [6.45, 7) is 5.76. The van der Waals surface area contributed by atoms with E-state index in [-0.39, 0.29) is 24.0 Å². The van der Waals surface area contributed by atoms with Gasteiger partial charge in [0.25, 0.3) is 0 Å². The van der Waals surface area contributed by atoms with Crippen LogP contribution in [0, 0.1) is 5.92 Å². The molecule has 3 N–H and O–H groups in total. The maximum absolute atomic E-state index is 6.03. The van der Waals surface area contributed by atoms with Gasteiger partial charge in [-0.2, -0.15) is 0 Å². The Kier molecular flexibility index (Phi) is 9.55. The van der Waals surface area contributed by atoms with Crippen LogP contribution in [-0.4, -0.2) is 33.3 Å². The van der Waals surface area contributed by atoms with E-state index in [2.05, 4.69) is 46.4 Å². The van der Waals surface area contributed by atoms with Crippen molar-refractivity contribution in [2.75, 3.05) is 32.2 Å². The molecule has 6 nitrogen and oxygen atoms in total. The molecule has 2 aromatic carbocycles. The highest BCUT2D eigenvalue weighted by atomic mass is 127. The average molecular weight is 524 g/mol. The first kappa shape index (κ1) is 24.1. The number of nitrogens with zero attached hydrogens (tertiary/aromatic N) is 2. The van der Waals surface area contributed by atoms with Gasteiger partial charge in [0.15, 0.2) is 17.5 Å². The highest BCUT2D eigenvalue weighted by molar-refractivity contribution is 14.0. The van der Waals surface area contributed by atoms with Crippen molar-refractivity contribution < 1.29 is 9.47 Å². The van der Waals surface area contributed by atoms with Gasteiger partial charge in [-0.05, 0) is 54.2 Å². The molecule has 30 heavy (non-hydrogen) atoms. The second-order valence-electron chi connectivity index (χ2n) is 7.58. The minimum Gasteiger partial charge on any atom is -0.493 e. The fourth-order valence-electron chi connectivity index (χ4n) is 3.50. The number of anilines is 1. The lowest BCUT2D eigenvalue weighted by molar-refractivity contribution is 0.354. The zero-order valence-electron chi connectivity index (χ0n) is 18.1. The van der Waals surface area contributed by atoms with Crippen molar-refractivity contribution in [2.45, 2.75) is 32.9 Å². The molecule has 3 rings (SSSR count). The van der Waals surface area contributed by atoms with Crippen LogP contribution in [0.2, 0.25) is 0 Å². The molecule has 0 saturated carbocycles. The van der Waals surface area contributed by atoms with Crippen molar-refractivity contribution in [3.8, 4) is 11.5 Å². The van der Waals surface area contributed by atoms with Gasteiger partial charge in [-0.3, -0.25) is 0 Å². The molecule has 0 spiro atoms. The largest absolute Gasteiger partial charge is 0.493 e. The van der Waals surface area contributed by atoms with Gasteiger partial charge < -0.3 is 25.4 Å². The van der Waals surface area contributed by atoms with E-state index >= 15 is 0 Å². The summed E-state index contributed by atoms with van der Waals surface area (Å²) in [5.41, 5.74) is 9.52. The average Bonchev–Trinajstić information content (AvgIpc) is 2.77. The molecule has 1 saturated heterocycles. The Bertz CT molecular complexity index is 818. The minimum absolute atomic E-state index is 0. The molecule has 0 atom stereocenters. The summed E-state index contributed by atoms with van der Waals surface area (Å²) in [7, 11) is 3.25. The number of benzene rings is 2. The van der Waals surface area contributed by atoms with Gasteiger partial charge in [0.2, 0.25) is 0 Å². The summed E-state index contributed by atoms with van der Waals surface area (Å²) in [6.07, 6.45) is 2.55. The van der Waals surface area contributed by atoms with Crippen molar-refractivity contribution in [1.29, 1.82) is 0 Å². The first-order valence-electron chi connectivity index (χ1n) is 10.2. The predicted molar refractivity (Wildman–Crippen MR) is 134 cm³/mol. The number of rotatable bonds is 7. The fraction of sp³-hybridized carbons (Fsp3) is 0.435. The standard InChI is InChI=1S/C23H32N4O2.HI/c1-17-10-12-27(13-11-17)20-7-4-18(5-8-20)15-25-23(24)26-16-19-6-9-21(28-2)22(14-19)29-3;/h4-9,14,17H,10-13,15-16H2,1-3H3,(H3,24,25,26);1H. The van der Waals surface area contributed by atoms with E-state index in [1.54, 1.807) is 14.2 Å². The molecule has 0 unspecified atom stereocenters. The SMILES string of the molecule is COc1ccc(CN=C(N)NCc2ccc(N3CCC(C)CC3)cc2)cc1OC.I. The molecule has 1 aliphatic rings. The Labute approximate surface area is 196 Å². The summed E-state index contributed by atoms with van der Waals surface area (Å²) >= 11 is 0. The number of aliphatic imine (C=N–C) groups is 1. The molecule has 0 aromatic heterocycles. The number of methoxy groups -OCH3 is 2. The molecule has 0 bridgehead atoms. The second kappa shape index (κ2) is 11.9. The van der Waals surface area contributed by atoms with Gasteiger partial charge in [-0.15, -0.1) is 24.0 Å². The monoisotopic (exact) mass is 524 g/mol. The van der Waals surface area contributed by atoms with E-state index in [4.69, 9.17) is 15.2 Å². The molecule has 7 heteroatoms. The van der Waals surface area contributed by atoms with Crippen LogP contribution in [0.1, 0.15) is 30.9 Å². The molecule has 164 valence electrons. The minimum atomic E-state index is 0. The third kappa shape index (κ3) is 6.68. The van der Waals surface area contributed by atoms with E-state index < -0.39 is 0 Å². The predicted octanol–water partition coefficient (Wildman–Crippen LogP) is 4.16. The topological polar surface area (TPSA) is 72.1 Å². The summed E-state index contributed by atoms with van der Waals surface area (Å²) in [5.74, 6) is 2.66. The Morgan fingerprint density at radius 1 is 1.03 bits per heavy atom. The first-order valence-corrected chi connectivity index (χ1v) is 10.2. The Balaban J connectivity index is 0.00000320. The third-order valence-electron chi connectivity index (χ3n) is 5.44. The van der Waals surface area contributed by atoms with Gasteiger partial charge in [0.05, 0.1) is 20.8 Å². The van der Waals surface area contributed by atoms with E-state index in [0.717, 1.165) is 24.6 Å². The number of nitrogens with two attached hydrogens (primary N) is 1. The van der Waals surface area contributed by atoms with Gasteiger partial charge in [0.1, 0.15) is 0 Å². The molecule has 1 heterocycles. The lowest BCUT2D eigenvalue weighted by atomic mass is 9.99. The highest BCUT2D eigenvalue weighted by Gasteiger charge is 2.15. The number of nitrogens with one attached hydrogen (secondary N) is 1. The smallest absolute Gasteiger partial charge is 0.189 e. The number of halogens is 1.